The van der Waals surface area contributed by atoms with E-state index in [1.807, 2.05) is 35.0 Å². The fourth-order valence-corrected chi connectivity index (χ4v) is 3.48. The molecule has 0 aliphatic carbocycles. The standard InChI is InChI=1S/C19H18N2OS/c20-19(22)17-10-6-12-21(17)13-16-9-4-5-11-18(16)23-14-15-7-2-1-3-8-15/h1-12H,13-14H2,(H2,20,22). The molecule has 3 rings (SSSR count). The van der Waals surface area contributed by atoms with Gasteiger partial charge in [0.1, 0.15) is 5.69 Å². The molecule has 0 aliphatic heterocycles. The zero-order valence-corrected chi connectivity index (χ0v) is 13.5. The van der Waals surface area contributed by atoms with Crippen LogP contribution >= 0.6 is 11.8 Å². The number of carbonyl (C=O) groups excluding carboxylic acids is 1. The molecule has 3 nitrogen and oxygen atoms in total. The molecule has 2 N–H and O–H groups in total. The maximum atomic E-state index is 11.5. The molecule has 3 aromatic rings. The second kappa shape index (κ2) is 7.20. The van der Waals surface area contributed by atoms with Gasteiger partial charge in [-0.25, -0.2) is 0 Å². The van der Waals surface area contributed by atoms with Crippen LogP contribution in [0.1, 0.15) is 21.6 Å². The van der Waals surface area contributed by atoms with Crippen molar-refractivity contribution in [2.45, 2.75) is 17.2 Å². The van der Waals surface area contributed by atoms with E-state index in [2.05, 4.69) is 36.4 Å². The van der Waals surface area contributed by atoms with Crippen molar-refractivity contribution in [1.82, 2.24) is 4.57 Å². The highest BCUT2D eigenvalue weighted by molar-refractivity contribution is 7.98. The van der Waals surface area contributed by atoms with Gasteiger partial charge in [-0.3, -0.25) is 4.79 Å². The van der Waals surface area contributed by atoms with Crippen LogP contribution in [-0.4, -0.2) is 10.5 Å². The first-order valence-corrected chi connectivity index (χ1v) is 8.42. The highest BCUT2D eigenvalue weighted by atomic mass is 32.2. The van der Waals surface area contributed by atoms with Crippen molar-refractivity contribution in [1.29, 1.82) is 0 Å². The van der Waals surface area contributed by atoms with Crippen molar-refractivity contribution in [3.05, 3.63) is 89.7 Å². The number of nitrogens with two attached hydrogens (primary N) is 1. The lowest BCUT2D eigenvalue weighted by atomic mass is 10.2. The van der Waals surface area contributed by atoms with E-state index in [9.17, 15) is 4.79 Å². The predicted octanol–water partition coefficient (Wildman–Crippen LogP) is 3.93. The summed E-state index contributed by atoms with van der Waals surface area (Å²) in [5, 5.41) is 0. The minimum absolute atomic E-state index is 0.399. The molecule has 0 saturated carbocycles. The molecular formula is C19H18N2OS. The van der Waals surface area contributed by atoms with Gasteiger partial charge in [-0.05, 0) is 29.3 Å². The van der Waals surface area contributed by atoms with Crippen molar-refractivity contribution in [3.8, 4) is 0 Å². The third-order valence-corrected chi connectivity index (χ3v) is 4.82. The van der Waals surface area contributed by atoms with E-state index < -0.39 is 5.91 Å². The molecule has 0 bridgehead atoms. The van der Waals surface area contributed by atoms with E-state index in [-0.39, 0.29) is 0 Å². The molecule has 0 radical (unpaired) electrons. The summed E-state index contributed by atoms with van der Waals surface area (Å²) in [4.78, 5) is 12.7. The number of thioether (sulfide) groups is 1. The van der Waals surface area contributed by atoms with Gasteiger partial charge in [0, 0.05) is 23.4 Å². The number of amides is 1. The molecule has 0 aliphatic rings. The summed E-state index contributed by atoms with van der Waals surface area (Å²) in [5.41, 5.74) is 8.44. The number of hydrogen-bond donors (Lipinski definition) is 1. The Kier molecular flexibility index (Phi) is 4.83. The van der Waals surface area contributed by atoms with E-state index in [4.69, 9.17) is 5.73 Å². The zero-order valence-electron chi connectivity index (χ0n) is 12.7. The summed E-state index contributed by atoms with van der Waals surface area (Å²) >= 11 is 1.81. The highest BCUT2D eigenvalue weighted by Gasteiger charge is 2.09. The predicted molar refractivity (Wildman–Crippen MR) is 94.5 cm³/mol. The molecule has 23 heavy (non-hydrogen) atoms. The molecule has 2 aromatic carbocycles. The number of primary amides is 1. The van der Waals surface area contributed by atoms with Gasteiger partial charge in [0.05, 0.1) is 0 Å². The van der Waals surface area contributed by atoms with E-state index >= 15 is 0 Å². The molecule has 0 fully saturated rings. The maximum Gasteiger partial charge on any atom is 0.265 e. The van der Waals surface area contributed by atoms with Gasteiger partial charge >= 0.3 is 0 Å². The normalized spacial score (nSPS) is 10.6. The summed E-state index contributed by atoms with van der Waals surface area (Å²) in [5.74, 6) is 0.524. The van der Waals surface area contributed by atoms with E-state index in [1.165, 1.54) is 16.0 Å². The van der Waals surface area contributed by atoms with Gasteiger partial charge < -0.3 is 10.3 Å². The quantitative estimate of drug-likeness (QED) is 0.699. The summed E-state index contributed by atoms with van der Waals surface area (Å²) in [6.07, 6.45) is 1.89. The van der Waals surface area contributed by atoms with Gasteiger partial charge in [-0.1, -0.05) is 48.5 Å². The van der Waals surface area contributed by atoms with E-state index in [0.717, 1.165) is 5.75 Å². The topological polar surface area (TPSA) is 48.0 Å². The van der Waals surface area contributed by atoms with Crippen LogP contribution in [0.5, 0.6) is 0 Å². The maximum absolute atomic E-state index is 11.5. The van der Waals surface area contributed by atoms with Gasteiger partial charge in [0.25, 0.3) is 5.91 Å². The number of aromatic nitrogens is 1. The Bertz CT molecular complexity index is 796. The molecule has 0 spiro atoms. The zero-order chi connectivity index (χ0) is 16.1. The number of benzene rings is 2. The van der Waals surface area contributed by atoms with Gasteiger partial charge in [-0.2, -0.15) is 0 Å². The molecule has 1 amide bonds. The minimum Gasteiger partial charge on any atom is -0.364 e. The van der Waals surface area contributed by atoms with Crippen LogP contribution in [0.4, 0.5) is 0 Å². The van der Waals surface area contributed by atoms with Gasteiger partial charge in [-0.15, -0.1) is 11.8 Å². The van der Waals surface area contributed by atoms with Gasteiger partial charge in [0.15, 0.2) is 0 Å². The lowest BCUT2D eigenvalue weighted by molar-refractivity contribution is 0.0992. The van der Waals surface area contributed by atoms with Crippen LogP contribution in [0.3, 0.4) is 0 Å². The van der Waals surface area contributed by atoms with Crippen LogP contribution in [0, 0.1) is 0 Å². The van der Waals surface area contributed by atoms with Crippen LogP contribution in [0.15, 0.2) is 77.8 Å². The number of rotatable bonds is 6. The number of carbonyl (C=O) groups is 1. The largest absolute Gasteiger partial charge is 0.364 e. The van der Waals surface area contributed by atoms with E-state index in [1.54, 1.807) is 17.8 Å². The van der Waals surface area contributed by atoms with Crippen molar-refractivity contribution < 1.29 is 4.79 Å². The monoisotopic (exact) mass is 322 g/mol. The van der Waals surface area contributed by atoms with Crippen molar-refractivity contribution in [3.63, 3.8) is 0 Å². The average Bonchev–Trinajstić information content (AvgIpc) is 3.03. The van der Waals surface area contributed by atoms with Crippen LogP contribution < -0.4 is 5.73 Å². The Balaban J connectivity index is 1.78. The molecule has 0 saturated heterocycles. The Labute approximate surface area is 140 Å². The fourth-order valence-electron chi connectivity index (χ4n) is 2.47. The van der Waals surface area contributed by atoms with Gasteiger partial charge in [0.2, 0.25) is 0 Å². The lowest BCUT2D eigenvalue weighted by Gasteiger charge is -2.12. The Hall–Kier alpha value is -2.46. The Morgan fingerprint density at radius 2 is 1.70 bits per heavy atom. The number of nitrogens with zero attached hydrogens (tertiary/aromatic N) is 1. The van der Waals surface area contributed by atoms with Crippen molar-refractivity contribution >= 4 is 17.7 Å². The third-order valence-electron chi connectivity index (χ3n) is 3.63. The molecule has 116 valence electrons. The lowest BCUT2D eigenvalue weighted by Crippen LogP contribution is -2.17. The smallest absolute Gasteiger partial charge is 0.265 e. The average molecular weight is 322 g/mol. The Morgan fingerprint density at radius 3 is 2.48 bits per heavy atom. The van der Waals surface area contributed by atoms with Crippen LogP contribution in [-0.2, 0) is 12.3 Å². The first-order chi connectivity index (χ1) is 11.2. The molecule has 1 aromatic heterocycles. The summed E-state index contributed by atoms with van der Waals surface area (Å²) < 4.78 is 1.89. The third kappa shape index (κ3) is 3.85. The number of hydrogen-bond acceptors (Lipinski definition) is 2. The Morgan fingerprint density at radius 1 is 0.957 bits per heavy atom. The second-order valence-corrected chi connectivity index (χ2v) is 6.28. The molecular weight excluding hydrogens is 304 g/mol. The van der Waals surface area contributed by atoms with Crippen molar-refractivity contribution in [2.75, 3.05) is 0 Å². The first-order valence-electron chi connectivity index (χ1n) is 7.43. The second-order valence-electron chi connectivity index (χ2n) is 5.27. The SMILES string of the molecule is NC(=O)c1cccn1Cc1ccccc1SCc1ccccc1. The summed E-state index contributed by atoms with van der Waals surface area (Å²) in [6, 6.07) is 22.3. The molecule has 4 heteroatoms. The van der Waals surface area contributed by atoms with Crippen LogP contribution in [0.2, 0.25) is 0 Å². The van der Waals surface area contributed by atoms with E-state index in [0.29, 0.717) is 12.2 Å². The summed E-state index contributed by atoms with van der Waals surface area (Å²) in [6.45, 7) is 0.642. The molecule has 0 unspecified atom stereocenters. The fraction of sp³-hybridized carbons (Fsp3) is 0.105. The molecule has 0 atom stereocenters. The van der Waals surface area contributed by atoms with Crippen LogP contribution in [0.25, 0.3) is 0 Å². The highest BCUT2D eigenvalue weighted by Crippen LogP contribution is 2.27. The molecule has 1 heterocycles. The van der Waals surface area contributed by atoms with Crippen molar-refractivity contribution in [2.24, 2.45) is 5.73 Å². The summed E-state index contributed by atoms with van der Waals surface area (Å²) in [7, 11) is 0. The first kappa shape index (κ1) is 15.4. The minimum atomic E-state index is -0.399.